The van der Waals surface area contributed by atoms with Gasteiger partial charge in [0.05, 0.1) is 0 Å². The summed E-state index contributed by atoms with van der Waals surface area (Å²) < 4.78 is 0. The summed E-state index contributed by atoms with van der Waals surface area (Å²) in [7, 11) is 0. The van der Waals surface area contributed by atoms with Crippen molar-refractivity contribution in [3.8, 4) is 0 Å². The van der Waals surface area contributed by atoms with Crippen LogP contribution in [0.15, 0.2) is 24.3 Å². The third kappa shape index (κ3) is 3.29. The molecule has 0 N–H and O–H groups in total. The largest absolute Gasteiger partial charge is 0.303 e. The molecule has 1 unspecified atom stereocenters. The molecule has 22 heavy (non-hydrogen) atoms. The van der Waals surface area contributed by atoms with Crippen molar-refractivity contribution in [2.45, 2.75) is 77.6 Å². The van der Waals surface area contributed by atoms with Gasteiger partial charge in [0.25, 0.3) is 0 Å². The molecule has 2 rings (SSSR count). The summed E-state index contributed by atoms with van der Waals surface area (Å²) in [5, 5.41) is 0. The molecule has 0 heterocycles. The first-order valence-electron chi connectivity index (χ1n) is 9.21. The average Bonchev–Trinajstić information content (AvgIpc) is 2.47. The number of unbranched alkanes of at least 4 members (excludes halogenated alkanes) is 2. The van der Waals surface area contributed by atoms with E-state index in [1.54, 1.807) is 0 Å². The van der Waals surface area contributed by atoms with Gasteiger partial charge in [0, 0.05) is 11.3 Å². The minimum atomic E-state index is 0.0810. The van der Waals surface area contributed by atoms with Gasteiger partial charge in [-0.2, -0.15) is 0 Å². The maximum absolute atomic E-state index is 11.9. The molecule has 1 aromatic carbocycles. The van der Waals surface area contributed by atoms with E-state index in [1.807, 2.05) is 0 Å². The van der Waals surface area contributed by atoms with E-state index < -0.39 is 0 Å². The zero-order valence-electron chi connectivity index (χ0n) is 14.6. The Bertz CT molecular complexity index is 457. The molecule has 1 fully saturated rings. The molecule has 0 aromatic heterocycles. The highest BCUT2D eigenvalue weighted by Gasteiger charge is 2.47. The summed E-state index contributed by atoms with van der Waals surface area (Å²) in [4.78, 5) is 11.9. The lowest BCUT2D eigenvalue weighted by Gasteiger charge is -2.49. The van der Waals surface area contributed by atoms with Crippen molar-refractivity contribution in [1.29, 1.82) is 0 Å². The zero-order valence-corrected chi connectivity index (χ0v) is 14.6. The monoisotopic (exact) mass is 300 g/mol. The number of benzene rings is 1. The molecule has 0 aliphatic heterocycles. The van der Waals surface area contributed by atoms with Crippen LogP contribution in [0.1, 0.15) is 76.3 Å². The summed E-state index contributed by atoms with van der Waals surface area (Å²) in [6.45, 7) is 6.58. The molecule has 1 aliphatic carbocycles. The number of aryl methyl sites for hydroxylation is 1. The smallest absolute Gasteiger partial charge is 0.123 e. The molecule has 1 heteroatoms. The van der Waals surface area contributed by atoms with Crippen molar-refractivity contribution in [3.05, 3.63) is 35.4 Å². The Morgan fingerprint density at radius 1 is 1.18 bits per heavy atom. The summed E-state index contributed by atoms with van der Waals surface area (Å²) in [5.41, 5.74) is 2.80. The van der Waals surface area contributed by atoms with E-state index in [-0.39, 0.29) is 11.3 Å². The molecular weight excluding hydrogens is 268 g/mol. The Morgan fingerprint density at radius 3 is 2.32 bits per heavy atom. The van der Waals surface area contributed by atoms with Crippen molar-refractivity contribution < 1.29 is 4.79 Å². The molecule has 0 radical (unpaired) electrons. The lowest BCUT2D eigenvalue weighted by molar-refractivity contribution is -0.115. The predicted octanol–water partition coefficient (Wildman–Crippen LogP) is 5.84. The second kappa shape index (κ2) is 7.94. The first-order chi connectivity index (χ1) is 10.7. The second-order valence-corrected chi connectivity index (χ2v) is 7.14. The van der Waals surface area contributed by atoms with Crippen LogP contribution in [0.2, 0.25) is 0 Å². The van der Waals surface area contributed by atoms with E-state index in [1.165, 1.54) is 62.4 Å². The van der Waals surface area contributed by atoms with Gasteiger partial charge < -0.3 is 4.79 Å². The molecule has 1 aromatic rings. The van der Waals surface area contributed by atoms with Gasteiger partial charge in [0.1, 0.15) is 6.29 Å². The third-order valence-corrected chi connectivity index (χ3v) is 5.88. The quantitative estimate of drug-likeness (QED) is 0.413. The van der Waals surface area contributed by atoms with Crippen LogP contribution in [-0.2, 0) is 10.2 Å². The first kappa shape index (κ1) is 17.2. The van der Waals surface area contributed by atoms with Gasteiger partial charge in [-0.25, -0.2) is 0 Å². The molecule has 0 saturated heterocycles. The minimum absolute atomic E-state index is 0.0810. The predicted molar refractivity (Wildman–Crippen MR) is 94.2 cm³/mol. The van der Waals surface area contributed by atoms with Gasteiger partial charge in [-0.3, -0.25) is 0 Å². The van der Waals surface area contributed by atoms with Crippen molar-refractivity contribution in [2.24, 2.45) is 11.8 Å². The van der Waals surface area contributed by atoms with Gasteiger partial charge >= 0.3 is 0 Å². The van der Waals surface area contributed by atoms with Crippen molar-refractivity contribution >= 4 is 6.29 Å². The fraction of sp³-hybridized carbons (Fsp3) is 0.667. The maximum atomic E-state index is 11.9. The summed E-state index contributed by atoms with van der Waals surface area (Å²) in [6.07, 6.45) is 11.1. The van der Waals surface area contributed by atoms with Crippen molar-refractivity contribution in [2.75, 3.05) is 0 Å². The molecule has 1 saturated carbocycles. The Hall–Kier alpha value is -1.11. The van der Waals surface area contributed by atoms with Gasteiger partial charge in [-0.15, -0.1) is 0 Å². The zero-order chi connectivity index (χ0) is 16.0. The molecule has 122 valence electrons. The van der Waals surface area contributed by atoms with Crippen molar-refractivity contribution in [3.63, 3.8) is 0 Å². The highest BCUT2D eigenvalue weighted by Crippen LogP contribution is 2.52. The van der Waals surface area contributed by atoms with Crippen LogP contribution in [0.3, 0.4) is 0 Å². The van der Waals surface area contributed by atoms with Crippen LogP contribution in [0, 0.1) is 18.8 Å². The SMILES string of the molecule is CCCCCC(c1ccc(C)cc1)(C1CCC1)[C@H](C=O)CC. The molecule has 1 aliphatic rings. The van der Waals surface area contributed by atoms with Crippen LogP contribution in [0.25, 0.3) is 0 Å². The molecular formula is C21H32O. The third-order valence-electron chi connectivity index (χ3n) is 5.88. The standard InChI is InChI=1S/C21H32O/c1-4-6-7-15-21(18(5-2)16-22,19-9-8-10-19)20-13-11-17(3)12-14-20/h11-14,16,18-19H,4-10,15H2,1-3H3/t18-,21?/m0/s1. The Labute approximate surface area is 136 Å². The van der Waals surface area contributed by atoms with E-state index in [0.717, 1.165) is 6.42 Å². The Kier molecular flexibility index (Phi) is 6.23. The van der Waals surface area contributed by atoms with Crippen LogP contribution in [0.5, 0.6) is 0 Å². The summed E-state index contributed by atoms with van der Waals surface area (Å²) in [5.74, 6) is 0.861. The molecule has 0 amide bonds. The average molecular weight is 300 g/mol. The fourth-order valence-corrected chi connectivity index (χ4v) is 4.32. The van der Waals surface area contributed by atoms with E-state index in [0.29, 0.717) is 5.92 Å². The van der Waals surface area contributed by atoms with Crippen molar-refractivity contribution in [1.82, 2.24) is 0 Å². The highest BCUT2D eigenvalue weighted by molar-refractivity contribution is 5.58. The molecule has 0 spiro atoms. The van der Waals surface area contributed by atoms with E-state index in [9.17, 15) is 4.79 Å². The van der Waals surface area contributed by atoms with Crippen LogP contribution < -0.4 is 0 Å². The number of carbonyl (C=O) groups is 1. The Balaban J connectivity index is 2.42. The normalized spacial score (nSPS) is 19.2. The van der Waals surface area contributed by atoms with Gasteiger partial charge in [-0.05, 0) is 44.1 Å². The van der Waals surface area contributed by atoms with Gasteiger partial charge in [0.15, 0.2) is 0 Å². The number of carbonyl (C=O) groups excluding carboxylic acids is 1. The minimum Gasteiger partial charge on any atom is -0.303 e. The van der Waals surface area contributed by atoms with Gasteiger partial charge in [-0.1, -0.05) is 69.4 Å². The maximum Gasteiger partial charge on any atom is 0.123 e. The molecule has 1 nitrogen and oxygen atoms in total. The molecule has 2 atom stereocenters. The summed E-state index contributed by atoms with van der Waals surface area (Å²) in [6, 6.07) is 9.04. The van der Waals surface area contributed by atoms with E-state index >= 15 is 0 Å². The number of hydrogen-bond acceptors (Lipinski definition) is 1. The Morgan fingerprint density at radius 2 is 1.86 bits per heavy atom. The fourth-order valence-electron chi connectivity index (χ4n) is 4.32. The second-order valence-electron chi connectivity index (χ2n) is 7.14. The highest BCUT2D eigenvalue weighted by atomic mass is 16.1. The van der Waals surface area contributed by atoms with Crippen LogP contribution in [-0.4, -0.2) is 6.29 Å². The lowest BCUT2D eigenvalue weighted by Crippen LogP contribution is -2.46. The topological polar surface area (TPSA) is 17.1 Å². The van der Waals surface area contributed by atoms with E-state index in [4.69, 9.17) is 0 Å². The number of rotatable bonds is 9. The number of aldehydes is 1. The number of hydrogen-bond donors (Lipinski definition) is 0. The summed E-state index contributed by atoms with van der Waals surface area (Å²) >= 11 is 0. The van der Waals surface area contributed by atoms with Gasteiger partial charge in [0.2, 0.25) is 0 Å². The van der Waals surface area contributed by atoms with Crippen LogP contribution >= 0.6 is 0 Å². The van der Waals surface area contributed by atoms with E-state index in [2.05, 4.69) is 45.0 Å². The molecule has 0 bridgehead atoms. The lowest BCUT2D eigenvalue weighted by atomic mass is 9.54. The first-order valence-corrected chi connectivity index (χ1v) is 9.21. The van der Waals surface area contributed by atoms with Crippen LogP contribution in [0.4, 0.5) is 0 Å².